The maximum atomic E-state index is 12.3. The molecule has 4 nitrogen and oxygen atoms in total. The maximum Gasteiger partial charge on any atom is 0.240 e. The van der Waals surface area contributed by atoms with E-state index in [9.17, 15) is 9.90 Å². The summed E-state index contributed by atoms with van der Waals surface area (Å²) in [5.41, 5.74) is 7.57. The molecule has 0 bridgehead atoms. The normalized spacial score (nSPS) is 18.4. The highest BCUT2D eigenvalue weighted by atomic mass is 35.5. The van der Waals surface area contributed by atoms with Gasteiger partial charge in [-0.15, -0.1) is 12.4 Å². The van der Waals surface area contributed by atoms with Gasteiger partial charge < -0.3 is 16.2 Å². The van der Waals surface area contributed by atoms with Crippen molar-refractivity contribution in [3.63, 3.8) is 0 Å². The van der Waals surface area contributed by atoms with Crippen molar-refractivity contribution in [3.8, 4) is 0 Å². The summed E-state index contributed by atoms with van der Waals surface area (Å²) < 4.78 is 0. The zero-order valence-electron chi connectivity index (χ0n) is 15.0. The third kappa shape index (κ3) is 5.20. The van der Waals surface area contributed by atoms with Crippen molar-refractivity contribution >= 4 is 18.3 Å². The molecule has 4 N–H and O–H groups in total. The molecular formula is C19H31ClN2O2. The lowest BCUT2D eigenvalue weighted by atomic mass is 9.82. The molecule has 1 amide bonds. The largest absolute Gasteiger partial charge is 0.387 e. The molecule has 5 heteroatoms. The molecule has 0 aromatic heterocycles. The fourth-order valence-corrected chi connectivity index (χ4v) is 3.10. The Bertz CT molecular complexity index is 531. The first-order valence-corrected chi connectivity index (χ1v) is 8.58. The van der Waals surface area contributed by atoms with Crippen LogP contribution in [-0.2, 0) is 10.2 Å². The average molecular weight is 355 g/mol. The van der Waals surface area contributed by atoms with E-state index in [0.29, 0.717) is 0 Å². The summed E-state index contributed by atoms with van der Waals surface area (Å²) in [4.78, 5) is 12.3. The molecule has 1 aromatic carbocycles. The summed E-state index contributed by atoms with van der Waals surface area (Å²) in [5.74, 6) is -0.137. The third-order valence-corrected chi connectivity index (χ3v) is 4.82. The number of benzene rings is 1. The molecule has 1 aliphatic carbocycles. The van der Waals surface area contributed by atoms with Gasteiger partial charge in [-0.25, -0.2) is 0 Å². The van der Waals surface area contributed by atoms with E-state index in [1.165, 1.54) is 5.56 Å². The SMILES string of the molecule is CC(C)(C)c1ccc(C(O)CNC(=O)C2(N)CCCCC2)cc1.Cl. The monoisotopic (exact) mass is 354 g/mol. The van der Waals surface area contributed by atoms with Crippen LogP contribution in [-0.4, -0.2) is 23.1 Å². The van der Waals surface area contributed by atoms with Crippen molar-refractivity contribution in [3.05, 3.63) is 35.4 Å². The minimum Gasteiger partial charge on any atom is -0.387 e. The fourth-order valence-electron chi connectivity index (χ4n) is 3.10. The van der Waals surface area contributed by atoms with E-state index in [-0.39, 0.29) is 30.3 Å². The number of nitrogens with one attached hydrogen (secondary N) is 1. The van der Waals surface area contributed by atoms with Crippen molar-refractivity contribution in [1.29, 1.82) is 0 Å². The van der Waals surface area contributed by atoms with Crippen molar-refractivity contribution in [2.75, 3.05) is 6.54 Å². The topological polar surface area (TPSA) is 75.3 Å². The second-order valence-electron chi connectivity index (χ2n) is 7.81. The number of carbonyl (C=O) groups is 1. The van der Waals surface area contributed by atoms with Crippen molar-refractivity contribution in [2.24, 2.45) is 5.73 Å². The molecule has 1 aliphatic rings. The average Bonchev–Trinajstić information content (AvgIpc) is 2.52. The lowest BCUT2D eigenvalue weighted by Crippen LogP contribution is -2.55. The molecule has 0 spiro atoms. The zero-order chi connectivity index (χ0) is 17.1. The molecule has 0 radical (unpaired) electrons. The Morgan fingerprint density at radius 2 is 1.75 bits per heavy atom. The van der Waals surface area contributed by atoms with E-state index in [1.807, 2.05) is 24.3 Å². The molecule has 1 aromatic rings. The van der Waals surface area contributed by atoms with Crippen LogP contribution in [0.4, 0.5) is 0 Å². The summed E-state index contributed by atoms with van der Waals surface area (Å²) in [5, 5.41) is 13.1. The molecule has 0 aliphatic heterocycles. The van der Waals surface area contributed by atoms with Gasteiger partial charge in [0.1, 0.15) is 0 Å². The number of rotatable bonds is 4. The van der Waals surface area contributed by atoms with Crippen LogP contribution in [0.1, 0.15) is 70.1 Å². The quantitative estimate of drug-likeness (QED) is 0.777. The van der Waals surface area contributed by atoms with E-state index in [0.717, 1.165) is 37.7 Å². The molecule has 1 saturated carbocycles. The van der Waals surface area contributed by atoms with Gasteiger partial charge in [0.15, 0.2) is 0 Å². The Morgan fingerprint density at radius 1 is 1.21 bits per heavy atom. The van der Waals surface area contributed by atoms with Crippen LogP contribution >= 0.6 is 12.4 Å². The van der Waals surface area contributed by atoms with Gasteiger partial charge in [-0.05, 0) is 29.4 Å². The van der Waals surface area contributed by atoms with Crippen LogP contribution in [0.5, 0.6) is 0 Å². The zero-order valence-corrected chi connectivity index (χ0v) is 15.8. The molecule has 1 fully saturated rings. The summed E-state index contributed by atoms with van der Waals surface area (Å²) in [6.07, 6.45) is 3.90. The van der Waals surface area contributed by atoms with Crippen LogP contribution in [0.2, 0.25) is 0 Å². The molecule has 136 valence electrons. The Morgan fingerprint density at radius 3 is 2.25 bits per heavy atom. The van der Waals surface area contributed by atoms with E-state index in [1.54, 1.807) is 0 Å². The minimum atomic E-state index is -0.756. The van der Waals surface area contributed by atoms with Gasteiger partial charge in [-0.2, -0.15) is 0 Å². The molecule has 0 heterocycles. The summed E-state index contributed by atoms with van der Waals surface area (Å²) in [6, 6.07) is 7.92. The van der Waals surface area contributed by atoms with Gasteiger partial charge in [-0.3, -0.25) is 4.79 Å². The van der Waals surface area contributed by atoms with Gasteiger partial charge in [0, 0.05) is 6.54 Å². The summed E-state index contributed by atoms with van der Waals surface area (Å²) in [7, 11) is 0. The molecular weight excluding hydrogens is 324 g/mol. The number of nitrogens with two attached hydrogens (primary N) is 1. The number of carbonyl (C=O) groups excluding carboxylic acids is 1. The number of halogens is 1. The highest BCUT2D eigenvalue weighted by Crippen LogP contribution is 2.26. The Labute approximate surface area is 151 Å². The van der Waals surface area contributed by atoms with E-state index in [2.05, 4.69) is 26.1 Å². The summed E-state index contributed by atoms with van der Waals surface area (Å²) >= 11 is 0. The van der Waals surface area contributed by atoms with Crippen LogP contribution in [0.25, 0.3) is 0 Å². The third-order valence-electron chi connectivity index (χ3n) is 4.82. The molecule has 24 heavy (non-hydrogen) atoms. The highest BCUT2D eigenvalue weighted by Gasteiger charge is 2.35. The minimum absolute atomic E-state index is 0. The smallest absolute Gasteiger partial charge is 0.240 e. The first kappa shape index (κ1) is 20.9. The summed E-state index contributed by atoms with van der Waals surface area (Å²) in [6.45, 7) is 6.67. The van der Waals surface area contributed by atoms with E-state index >= 15 is 0 Å². The van der Waals surface area contributed by atoms with E-state index in [4.69, 9.17) is 5.73 Å². The van der Waals surface area contributed by atoms with Crippen molar-refractivity contribution < 1.29 is 9.90 Å². The van der Waals surface area contributed by atoms with Crippen LogP contribution in [0, 0.1) is 0 Å². The predicted molar refractivity (Wildman–Crippen MR) is 100 cm³/mol. The lowest BCUT2D eigenvalue weighted by molar-refractivity contribution is -0.128. The molecule has 2 rings (SSSR count). The van der Waals surface area contributed by atoms with Crippen molar-refractivity contribution in [1.82, 2.24) is 5.32 Å². The second-order valence-corrected chi connectivity index (χ2v) is 7.81. The Kier molecular flexibility index (Phi) is 7.26. The number of amides is 1. The maximum absolute atomic E-state index is 12.3. The van der Waals surface area contributed by atoms with Crippen molar-refractivity contribution in [2.45, 2.75) is 69.9 Å². The van der Waals surface area contributed by atoms with Gasteiger partial charge in [0.2, 0.25) is 5.91 Å². The predicted octanol–water partition coefficient (Wildman–Crippen LogP) is 3.22. The fraction of sp³-hybridized carbons (Fsp3) is 0.632. The number of aliphatic hydroxyl groups excluding tert-OH is 1. The first-order chi connectivity index (χ1) is 10.7. The molecule has 1 atom stereocenters. The first-order valence-electron chi connectivity index (χ1n) is 8.58. The highest BCUT2D eigenvalue weighted by molar-refractivity contribution is 5.86. The molecule has 1 unspecified atom stereocenters. The lowest BCUT2D eigenvalue weighted by Gasteiger charge is -2.32. The van der Waals surface area contributed by atoms with Gasteiger partial charge in [-0.1, -0.05) is 64.3 Å². The van der Waals surface area contributed by atoms with Crippen LogP contribution in [0.15, 0.2) is 24.3 Å². The van der Waals surface area contributed by atoms with Gasteiger partial charge >= 0.3 is 0 Å². The number of aliphatic hydroxyl groups is 1. The standard InChI is InChI=1S/C19H30N2O2.ClH/c1-18(2,3)15-9-7-14(8-10-15)16(22)13-21-17(23)19(20)11-5-4-6-12-19;/h7-10,16,22H,4-6,11-13,20H2,1-3H3,(H,21,23);1H. The van der Waals surface area contributed by atoms with Crippen LogP contribution in [0.3, 0.4) is 0 Å². The number of hydrogen-bond donors (Lipinski definition) is 3. The Balaban J connectivity index is 0.00000288. The second kappa shape index (κ2) is 8.32. The Hall–Kier alpha value is -1.10. The van der Waals surface area contributed by atoms with Gasteiger partial charge in [0.25, 0.3) is 0 Å². The van der Waals surface area contributed by atoms with Gasteiger partial charge in [0.05, 0.1) is 11.6 Å². The number of hydrogen-bond acceptors (Lipinski definition) is 3. The van der Waals surface area contributed by atoms with Crippen LogP contribution < -0.4 is 11.1 Å². The molecule has 0 saturated heterocycles. The van der Waals surface area contributed by atoms with E-state index < -0.39 is 11.6 Å².